The van der Waals surface area contributed by atoms with Gasteiger partial charge >= 0.3 is 0 Å². The van der Waals surface area contributed by atoms with E-state index in [9.17, 15) is 4.79 Å². The van der Waals surface area contributed by atoms with Crippen molar-refractivity contribution < 1.29 is 9.53 Å². The molecule has 0 N–H and O–H groups in total. The third kappa shape index (κ3) is 5.21. The van der Waals surface area contributed by atoms with Crippen molar-refractivity contribution in [3.05, 3.63) is 64.7 Å². The molecular weight excluding hydrogens is 336 g/mol. The lowest BCUT2D eigenvalue weighted by Gasteiger charge is -2.28. The first-order valence-corrected chi connectivity index (χ1v) is 8.61. The Morgan fingerprint density at radius 3 is 2.40 bits per heavy atom. The summed E-state index contributed by atoms with van der Waals surface area (Å²) in [6.45, 7) is 3.01. The molecule has 0 saturated carbocycles. The Labute approximate surface area is 155 Å². The minimum Gasteiger partial charge on any atom is -0.496 e. The Morgan fingerprint density at radius 1 is 1.12 bits per heavy atom. The topological polar surface area (TPSA) is 32.8 Å². The third-order valence-corrected chi connectivity index (χ3v) is 4.62. The van der Waals surface area contributed by atoms with Crippen molar-refractivity contribution in [2.75, 3.05) is 27.7 Å². The number of amides is 1. The quantitative estimate of drug-likeness (QED) is 0.748. The lowest BCUT2D eigenvalue weighted by Crippen LogP contribution is -2.37. The molecule has 0 saturated heterocycles. The number of likely N-dealkylation sites (N-methyl/N-ethyl adjacent to an activating group) is 2. The molecule has 0 aliphatic heterocycles. The van der Waals surface area contributed by atoms with E-state index in [0.29, 0.717) is 18.1 Å². The maximum Gasteiger partial charge on any atom is 0.236 e. The second kappa shape index (κ2) is 8.88. The van der Waals surface area contributed by atoms with Gasteiger partial charge in [0.2, 0.25) is 5.91 Å². The van der Waals surface area contributed by atoms with E-state index < -0.39 is 0 Å². The van der Waals surface area contributed by atoms with Crippen molar-refractivity contribution in [3.8, 4) is 5.75 Å². The standard InChI is InChI=1S/C20H25ClN2O2/c1-15(16-9-11-18(21)12-10-16)23(3)20(24)14-22(2)13-17-7-5-6-8-19(17)25-4/h5-12,15H,13-14H2,1-4H3. The van der Waals surface area contributed by atoms with Gasteiger partial charge in [-0.1, -0.05) is 41.9 Å². The van der Waals surface area contributed by atoms with Crippen LogP contribution >= 0.6 is 11.6 Å². The maximum atomic E-state index is 12.6. The fraction of sp³-hybridized carbons (Fsp3) is 0.350. The normalized spacial score (nSPS) is 12.1. The Kier molecular flexibility index (Phi) is 6.85. The highest BCUT2D eigenvalue weighted by Gasteiger charge is 2.19. The molecule has 134 valence electrons. The number of halogens is 1. The molecule has 5 heteroatoms. The van der Waals surface area contributed by atoms with E-state index in [-0.39, 0.29) is 11.9 Å². The molecule has 0 radical (unpaired) electrons. The molecule has 0 fully saturated rings. The number of rotatable bonds is 7. The largest absolute Gasteiger partial charge is 0.496 e. The molecule has 0 spiro atoms. The molecule has 0 heterocycles. The lowest BCUT2D eigenvalue weighted by atomic mass is 10.1. The van der Waals surface area contributed by atoms with E-state index in [0.717, 1.165) is 16.9 Å². The van der Waals surface area contributed by atoms with Gasteiger partial charge in [-0.15, -0.1) is 0 Å². The molecule has 0 bridgehead atoms. The number of hydrogen-bond donors (Lipinski definition) is 0. The average molecular weight is 361 g/mol. The van der Waals surface area contributed by atoms with Gasteiger partial charge in [-0.2, -0.15) is 0 Å². The average Bonchev–Trinajstić information content (AvgIpc) is 2.61. The van der Waals surface area contributed by atoms with E-state index in [1.807, 2.05) is 74.4 Å². The van der Waals surface area contributed by atoms with Crippen LogP contribution < -0.4 is 4.74 Å². The van der Waals surface area contributed by atoms with Gasteiger partial charge in [-0.05, 0) is 37.7 Å². The van der Waals surface area contributed by atoms with Crippen molar-refractivity contribution in [1.29, 1.82) is 0 Å². The minimum atomic E-state index is -0.00979. The van der Waals surface area contributed by atoms with Gasteiger partial charge < -0.3 is 9.64 Å². The van der Waals surface area contributed by atoms with Crippen LogP contribution in [-0.4, -0.2) is 43.5 Å². The van der Waals surface area contributed by atoms with Crippen molar-refractivity contribution >= 4 is 17.5 Å². The second-order valence-corrected chi connectivity index (χ2v) is 6.65. The van der Waals surface area contributed by atoms with Crippen LogP contribution in [0.3, 0.4) is 0 Å². The Balaban J connectivity index is 1.96. The molecule has 0 aliphatic carbocycles. The number of carbonyl (C=O) groups is 1. The highest BCUT2D eigenvalue weighted by molar-refractivity contribution is 6.30. The number of nitrogens with zero attached hydrogens (tertiary/aromatic N) is 2. The van der Waals surface area contributed by atoms with Gasteiger partial charge in [0.25, 0.3) is 0 Å². The van der Waals surface area contributed by atoms with Crippen LogP contribution in [0.25, 0.3) is 0 Å². The smallest absolute Gasteiger partial charge is 0.236 e. The number of para-hydroxylation sites is 1. The second-order valence-electron chi connectivity index (χ2n) is 6.22. The van der Waals surface area contributed by atoms with Crippen molar-refractivity contribution in [2.24, 2.45) is 0 Å². The molecule has 4 nitrogen and oxygen atoms in total. The van der Waals surface area contributed by atoms with E-state index in [4.69, 9.17) is 16.3 Å². The summed E-state index contributed by atoms with van der Waals surface area (Å²) >= 11 is 5.93. The Hall–Kier alpha value is -2.04. The molecule has 1 amide bonds. The first-order chi connectivity index (χ1) is 11.9. The van der Waals surface area contributed by atoms with Crippen LogP contribution in [0.4, 0.5) is 0 Å². The number of carbonyl (C=O) groups excluding carboxylic acids is 1. The fourth-order valence-corrected chi connectivity index (χ4v) is 2.83. The van der Waals surface area contributed by atoms with Gasteiger partial charge in [0.05, 0.1) is 19.7 Å². The Morgan fingerprint density at radius 2 is 1.76 bits per heavy atom. The third-order valence-electron chi connectivity index (χ3n) is 4.36. The number of benzene rings is 2. The van der Waals surface area contributed by atoms with Crippen molar-refractivity contribution in [3.63, 3.8) is 0 Å². The molecule has 0 aromatic heterocycles. The molecule has 2 aromatic rings. The Bertz CT molecular complexity index is 703. The summed E-state index contributed by atoms with van der Waals surface area (Å²) < 4.78 is 5.37. The summed E-state index contributed by atoms with van der Waals surface area (Å²) in [5.74, 6) is 0.907. The van der Waals surface area contributed by atoms with Crippen molar-refractivity contribution in [1.82, 2.24) is 9.80 Å². The highest BCUT2D eigenvalue weighted by Crippen LogP contribution is 2.22. The van der Waals surface area contributed by atoms with Crippen LogP contribution in [0.2, 0.25) is 5.02 Å². The predicted molar refractivity (Wildman–Crippen MR) is 102 cm³/mol. The highest BCUT2D eigenvalue weighted by atomic mass is 35.5. The fourth-order valence-electron chi connectivity index (χ4n) is 2.70. The van der Waals surface area contributed by atoms with E-state index in [2.05, 4.69) is 0 Å². The molecule has 2 rings (SSSR count). The van der Waals surface area contributed by atoms with Crippen LogP contribution in [-0.2, 0) is 11.3 Å². The van der Waals surface area contributed by atoms with Gasteiger partial charge in [0, 0.05) is 24.2 Å². The van der Waals surface area contributed by atoms with Gasteiger partial charge in [0.15, 0.2) is 0 Å². The van der Waals surface area contributed by atoms with Crippen molar-refractivity contribution in [2.45, 2.75) is 19.5 Å². The lowest BCUT2D eigenvalue weighted by molar-refractivity contribution is -0.132. The molecule has 25 heavy (non-hydrogen) atoms. The minimum absolute atomic E-state index is 0.00979. The summed E-state index contributed by atoms with van der Waals surface area (Å²) in [5, 5.41) is 0.696. The van der Waals surface area contributed by atoms with Crippen LogP contribution in [0.15, 0.2) is 48.5 Å². The summed E-state index contributed by atoms with van der Waals surface area (Å²) in [4.78, 5) is 16.4. The first-order valence-electron chi connectivity index (χ1n) is 8.24. The SMILES string of the molecule is COc1ccccc1CN(C)CC(=O)N(C)C(C)c1ccc(Cl)cc1. The number of methoxy groups -OCH3 is 1. The zero-order chi connectivity index (χ0) is 18.4. The summed E-state index contributed by atoms with van der Waals surface area (Å²) in [6.07, 6.45) is 0. The zero-order valence-electron chi connectivity index (χ0n) is 15.2. The summed E-state index contributed by atoms with van der Waals surface area (Å²) in [5.41, 5.74) is 2.13. The van der Waals surface area contributed by atoms with E-state index in [1.165, 1.54) is 0 Å². The monoisotopic (exact) mass is 360 g/mol. The molecule has 1 atom stereocenters. The van der Waals surface area contributed by atoms with Crippen LogP contribution in [0.1, 0.15) is 24.1 Å². The maximum absolute atomic E-state index is 12.6. The van der Waals surface area contributed by atoms with Gasteiger partial charge in [0.1, 0.15) is 5.75 Å². The van der Waals surface area contributed by atoms with Crippen LogP contribution in [0.5, 0.6) is 5.75 Å². The van der Waals surface area contributed by atoms with E-state index in [1.54, 1.807) is 12.0 Å². The molecular formula is C20H25ClN2O2. The molecule has 0 aliphatic rings. The van der Waals surface area contributed by atoms with E-state index >= 15 is 0 Å². The molecule has 1 unspecified atom stereocenters. The number of ether oxygens (including phenoxy) is 1. The predicted octanol–water partition coefficient (Wildman–Crippen LogP) is 4.00. The molecule has 2 aromatic carbocycles. The number of hydrogen-bond acceptors (Lipinski definition) is 3. The summed E-state index contributed by atoms with van der Waals surface area (Å²) in [6, 6.07) is 15.4. The van der Waals surface area contributed by atoms with Gasteiger partial charge in [-0.3, -0.25) is 9.69 Å². The van der Waals surface area contributed by atoms with Gasteiger partial charge in [-0.25, -0.2) is 0 Å². The first kappa shape index (κ1) is 19.3. The summed E-state index contributed by atoms with van der Waals surface area (Å²) in [7, 11) is 5.43. The zero-order valence-corrected chi connectivity index (χ0v) is 16.0. The van der Waals surface area contributed by atoms with Crippen LogP contribution in [0, 0.1) is 0 Å².